The zero-order valence-corrected chi connectivity index (χ0v) is 16.3. The van der Waals surface area contributed by atoms with E-state index in [0.717, 1.165) is 4.68 Å². The van der Waals surface area contributed by atoms with Gasteiger partial charge in [-0.05, 0) is 32.0 Å². The van der Waals surface area contributed by atoms with E-state index in [1.54, 1.807) is 26.0 Å². The summed E-state index contributed by atoms with van der Waals surface area (Å²) < 4.78 is 15.9. The number of nitrogens with zero attached hydrogens (tertiary/aromatic N) is 3. The van der Waals surface area contributed by atoms with Crippen LogP contribution in [0.15, 0.2) is 18.2 Å². The van der Waals surface area contributed by atoms with Crippen molar-refractivity contribution in [2.75, 3.05) is 25.6 Å². The van der Waals surface area contributed by atoms with Gasteiger partial charge in [0.05, 0.1) is 26.0 Å². The van der Waals surface area contributed by atoms with E-state index < -0.39 is 24.4 Å². The summed E-state index contributed by atoms with van der Waals surface area (Å²) in [6.45, 7) is 2.96. The number of halogens is 1. The fourth-order valence-corrected chi connectivity index (χ4v) is 2.44. The maximum Gasteiger partial charge on any atom is 0.361 e. The second-order valence-electron chi connectivity index (χ2n) is 5.28. The van der Waals surface area contributed by atoms with Crippen LogP contribution >= 0.6 is 11.6 Å². The summed E-state index contributed by atoms with van der Waals surface area (Å²) in [5.74, 6) is -1.84. The van der Waals surface area contributed by atoms with Gasteiger partial charge in [-0.2, -0.15) is 0 Å². The van der Waals surface area contributed by atoms with E-state index in [-0.39, 0.29) is 24.6 Å². The Labute approximate surface area is 165 Å². The van der Waals surface area contributed by atoms with E-state index in [0.29, 0.717) is 16.5 Å². The number of esters is 2. The Balaban J connectivity index is 2.27. The summed E-state index contributed by atoms with van der Waals surface area (Å²) in [7, 11) is 1.45. The third-order valence-electron chi connectivity index (χ3n) is 3.40. The maximum absolute atomic E-state index is 12.4. The van der Waals surface area contributed by atoms with Gasteiger partial charge in [0.15, 0.2) is 5.69 Å². The van der Waals surface area contributed by atoms with Gasteiger partial charge in [0.1, 0.15) is 12.3 Å². The molecule has 0 saturated heterocycles. The minimum Gasteiger partial charge on any atom is -0.495 e. The molecule has 0 atom stereocenters. The molecule has 0 aliphatic rings. The summed E-state index contributed by atoms with van der Waals surface area (Å²) in [4.78, 5) is 36.7. The van der Waals surface area contributed by atoms with E-state index in [4.69, 9.17) is 25.8 Å². The van der Waals surface area contributed by atoms with Gasteiger partial charge in [-0.15, -0.1) is 5.10 Å². The van der Waals surface area contributed by atoms with E-state index in [1.807, 2.05) is 0 Å². The van der Waals surface area contributed by atoms with Crippen LogP contribution < -0.4 is 10.1 Å². The fraction of sp³-hybridized carbons (Fsp3) is 0.353. The zero-order valence-electron chi connectivity index (χ0n) is 15.5. The second-order valence-corrected chi connectivity index (χ2v) is 5.71. The predicted molar refractivity (Wildman–Crippen MR) is 98.6 cm³/mol. The number of hydrogen-bond donors (Lipinski definition) is 1. The van der Waals surface area contributed by atoms with Gasteiger partial charge in [0.25, 0.3) is 0 Å². The number of rotatable bonds is 8. The first-order chi connectivity index (χ1) is 13.4. The molecule has 2 aromatic rings. The van der Waals surface area contributed by atoms with Crippen molar-refractivity contribution < 1.29 is 28.6 Å². The lowest BCUT2D eigenvalue weighted by Crippen LogP contribution is -2.24. The highest BCUT2D eigenvalue weighted by Crippen LogP contribution is 2.27. The Kier molecular flexibility index (Phi) is 7.33. The topological polar surface area (TPSA) is 122 Å². The monoisotopic (exact) mass is 410 g/mol. The standard InChI is InChI=1S/C17H19ClN4O6/c1-4-27-16(24)14-15(17(25)28-5-2)22(21-20-14)9-13(23)19-11-8-10(18)6-7-12(11)26-3/h6-8H,4-5,9H2,1-3H3,(H,19,23). The van der Waals surface area contributed by atoms with E-state index in [1.165, 1.54) is 13.2 Å². The van der Waals surface area contributed by atoms with E-state index in [9.17, 15) is 14.4 Å². The number of amides is 1. The van der Waals surface area contributed by atoms with Crippen molar-refractivity contribution in [3.05, 3.63) is 34.6 Å². The molecule has 1 aromatic heterocycles. The second kappa shape index (κ2) is 9.70. The smallest absolute Gasteiger partial charge is 0.361 e. The van der Waals surface area contributed by atoms with Crippen molar-refractivity contribution in [2.24, 2.45) is 0 Å². The van der Waals surface area contributed by atoms with Gasteiger partial charge in [-0.25, -0.2) is 14.3 Å². The average molecular weight is 411 g/mol. The van der Waals surface area contributed by atoms with Gasteiger partial charge in [-0.1, -0.05) is 16.8 Å². The molecule has 0 unspecified atom stereocenters. The molecule has 11 heteroatoms. The zero-order chi connectivity index (χ0) is 20.7. The number of carbonyl (C=O) groups excluding carboxylic acids is 3. The molecule has 0 saturated carbocycles. The minimum absolute atomic E-state index is 0.0676. The molecule has 0 aliphatic carbocycles. The molecular weight excluding hydrogens is 392 g/mol. The largest absolute Gasteiger partial charge is 0.495 e. The Morgan fingerprint density at radius 2 is 1.82 bits per heavy atom. The van der Waals surface area contributed by atoms with Crippen LogP contribution in [0.4, 0.5) is 5.69 Å². The summed E-state index contributed by atoms with van der Waals surface area (Å²) in [5, 5.41) is 10.4. The molecule has 1 heterocycles. The highest BCUT2D eigenvalue weighted by molar-refractivity contribution is 6.31. The Hall–Kier alpha value is -3.14. The molecule has 1 aromatic carbocycles. The molecule has 28 heavy (non-hydrogen) atoms. The number of nitrogens with one attached hydrogen (secondary N) is 1. The van der Waals surface area contributed by atoms with Crippen LogP contribution in [0.5, 0.6) is 5.75 Å². The molecule has 0 bridgehead atoms. The molecule has 0 fully saturated rings. The van der Waals surface area contributed by atoms with Gasteiger partial charge in [-0.3, -0.25) is 4.79 Å². The van der Waals surface area contributed by atoms with Crippen LogP contribution in [-0.4, -0.2) is 53.2 Å². The number of carbonyl (C=O) groups is 3. The summed E-state index contributed by atoms with van der Waals surface area (Å²) in [6.07, 6.45) is 0. The van der Waals surface area contributed by atoms with E-state index >= 15 is 0 Å². The lowest BCUT2D eigenvalue weighted by Gasteiger charge is -2.11. The quantitative estimate of drug-likeness (QED) is 0.655. The molecule has 2 rings (SSSR count). The number of anilines is 1. The summed E-state index contributed by atoms with van der Waals surface area (Å²) in [6, 6.07) is 4.71. The van der Waals surface area contributed by atoms with Crippen LogP contribution in [0.2, 0.25) is 5.02 Å². The molecule has 1 amide bonds. The van der Waals surface area contributed by atoms with Crippen molar-refractivity contribution >= 4 is 35.1 Å². The Bertz CT molecular complexity index is 883. The van der Waals surface area contributed by atoms with Crippen molar-refractivity contribution in [1.82, 2.24) is 15.0 Å². The number of ether oxygens (including phenoxy) is 3. The van der Waals surface area contributed by atoms with Crippen molar-refractivity contribution in [3.63, 3.8) is 0 Å². The highest BCUT2D eigenvalue weighted by Gasteiger charge is 2.28. The normalized spacial score (nSPS) is 10.3. The molecule has 0 spiro atoms. The minimum atomic E-state index is -0.844. The molecule has 10 nitrogen and oxygen atoms in total. The number of hydrogen-bond acceptors (Lipinski definition) is 8. The van der Waals surface area contributed by atoms with Crippen molar-refractivity contribution in [1.29, 1.82) is 0 Å². The SMILES string of the molecule is CCOC(=O)c1nnn(CC(=O)Nc2cc(Cl)ccc2OC)c1C(=O)OCC. The predicted octanol–water partition coefficient (Wildman–Crippen LogP) is 1.93. The van der Waals surface area contributed by atoms with Crippen molar-refractivity contribution in [2.45, 2.75) is 20.4 Å². The third kappa shape index (κ3) is 4.97. The molecule has 1 N–H and O–H groups in total. The maximum atomic E-state index is 12.4. The van der Waals surface area contributed by atoms with Crippen LogP contribution in [0.25, 0.3) is 0 Å². The van der Waals surface area contributed by atoms with Crippen LogP contribution in [0, 0.1) is 0 Å². The van der Waals surface area contributed by atoms with Gasteiger partial charge in [0, 0.05) is 5.02 Å². The fourth-order valence-electron chi connectivity index (χ4n) is 2.27. The Morgan fingerprint density at radius 3 is 2.46 bits per heavy atom. The van der Waals surface area contributed by atoms with E-state index in [2.05, 4.69) is 15.6 Å². The average Bonchev–Trinajstić information content (AvgIpc) is 3.06. The number of methoxy groups -OCH3 is 1. The number of aromatic nitrogens is 3. The lowest BCUT2D eigenvalue weighted by molar-refractivity contribution is -0.117. The Morgan fingerprint density at radius 1 is 1.14 bits per heavy atom. The van der Waals surface area contributed by atoms with Crippen LogP contribution in [0.1, 0.15) is 34.8 Å². The number of benzene rings is 1. The summed E-state index contributed by atoms with van der Waals surface area (Å²) >= 11 is 5.94. The lowest BCUT2D eigenvalue weighted by atomic mass is 10.3. The van der Waals surface area contributed by atoms with Crippen LogP contribution in [0.3, 0.4) is 0 Å². The first-order valence-electron chi connectivity index (χ1n) is 8.32. The molecule has 150 valence electrons. The van der Waals surface area contributed by atoms with Gasteiger partial charge >= 0.3 is 11.9 Å². The molecular formula is C17H19ClN4O6. The first kappa shape index (κ1) is 21.2. The highest BCUT2D eigenvalue weighted by atomic mass is 35.5. The molecule has 0 radical (unpaired) electrons. The van der Waals surface area contributed by atoms with Gasteiger partial charge < -0.3 is 19.5 Å². The molecule has 0 aliphatic heterocycles. The first-order valence-corrected chi connectivity index (χ1v) is 8.70. The summed E-state index contributed by atoms with van der Waals surface area (Å²) in [5.41, 5.74) is -0.259. The van der Waals surface area contributed by atoms with Crippen molar-refractivity contribution in [3.8, 4) is 5.75 Å². The van der Waals surface area contributed by atoms with Crippen LogP contribution in [-0.2, 0) is 20.8 Å². The third-order valence-corrected chi connectivity index (χ3v) is 3.64. The van der Waals surface area contributed by atoms with Gasteiger partial charge in [0.2, 0.25) is 11.6 Å².